The number of nitrogens with two attached hydrogens (primary N) is 1. The van der Waals surface area contributed by atoms with Crippen LogP contribution in [-0.2, 0) is 11.3 Å². The summed E-state index contributed by atoms with van der Waals surface area (Å²) >= 11 is 1.45. The van der Waals surface area contributed by atoms with Crippen molar-refractivity contribution >= 4 is 23.2 Å². The number of amides is 2. The molecule has 19 heavy (non-hydrogen) atoms. The van der Waals surface area contributed by atoms with Crippen molar-refractivity contribution in [1.29, 1.82) is 0 Å². The van der Waals surface area contributed by atoms with E-state index in [-0.39, 0.29) is 17.5 Å². The molecule has 1 unspecified atom stereocenters. The van der Waals surface area contributed by atoms with E-state index in [4.69, 9.17) is 5.73 Å². The van der Waals surface area contributed by atoms with Crippen molar-refractivity contribution in [2.75, 3.05) is 0 Å². The summed E-state index contributed by atoms with van der Waals surface area (Å²) < 4.78 is 0. The number of rotatable bonds is 5. The van der Waals surface area contributed by atoms with Gasteiger partial charge in [0, 0.05) is 22.3 Å². The van der Waals surface area contributed by atoms with Crippen LogP contribution in [-0.4, -0.2) is 23.4 Å². The van der Waals surface area contributed by atoms with Gasteiger partial charge in [-0.25, -0.2) is 0 Å². The number of thiophene rings is 1. The molecule has 106 valence electrons. The minimum atomic E-state index is -0.430. The van der Waals surface area contributed by atoms with Gasteiger partial charge in [-0.05, 0) is 33.8 Å². The van der Waals surface area contributed by atoms with Crippen molar-refractivity contribution in [3.8, 4) is 0 Å². The Bertz CT molecular complexity index is 463. The molecule has 0 aliphatic rings. The number of carbonyl (C=O) groups excluding carboxylic acids is 2. The zero-order chi connectivity index (χ0) is 14.6. The lowest BCUT2D eigenvalue weighted by Crippen LogP contribution is -2.49. The second-order valence-corrected chi connectivity index (χ2v) is 6.50. The van der Waals surface area contributed by atoms with Gasteiger partial charge in [-0.2, -0.15) is 0 Å². The first-order valence-corrected chi connectivity index (χ1v) is 6.99. The van der Waals surface area contributed by atoms with E-state index >= 15 is 0 Å². The maximum absolute atomic E-state index is 11.8. The first-order valence-electron chi connectivity index (χ1n) is 6.11. The van der Waals surface area contributed by atoms with Crippen LogP contribution in [0.3, 0.4) is 0 Å². The standard InChI is InChI=1S/C13H21N3O2S/c1-8(12(18)16-13(2,3)4)15-6-10-5-9(7-19-10)11(14)17/h5,7-8,15H,6H2,1-4H3,(H2,14,17)(H,16,18). The van der Waals surface area contributed by atoms with Gasteiger partial charge < -0.3 is 16.4 Å². The normalized spacial score (nSPS) is 13.1. The Hall–Kier alpha value is -1.40. The predicted octanol–water partition coefficient (Wildman–Crippen LogP) is 1.24. The van der Waals surface area contributed by atoms with Gasteiger partial charge in [0.15, 0.2) is 0 Å². The first-order chi connectivity index (χ1) is 8.69. The van der Waals surface area contributed by atoms with Crippen molar-refractivity contribution < 1.29 is 9.59 Å². The molecule has 0 spiro atoms. The highest BCUT2D eigenvalue weighted by atomic mass is 32.1. The van der Waals surface area contributed by atoms with Gasteiger partial charge in [-0.3, -0.25) is 9.59 Å². The zero-order valence-electron chi connectivity index (χ0n) is 11.7. The van der Waals surface area contributed by atoms with Crippen LogP contribution in [0.1, 0.15) is 42.9 Å². The Kier molecular flexibility index (Phi) is 5.08. The van der Waals surface area contributed by atoms with E-state index in [0.29, 0.717) is 12.1 Å². The first kappa shape index (κ1) is 15.7. The summed E-state index contributed by atoms with van der Waals surface area (Å²) in [4.78, 5) is 23.8. The molecule has 5 nitrogen and oxygen atoms in total. The predicted molar refractivity (Wildman–Crippen MR) is 77.0 cm³/mol. The van der Waals surface area contributed by atoms with Crippen LogP contribution in [0.4, 0.5) is 0 Å². The smallest absolute Gasteiger partial charge is 0.249 e. The molecule has 2 amide bonds. The Labute approximate surface area is 117 Å². The van der Waals surface area contributed by atoms with Crippen molar-refractivity contribution in [3.63, 3.8) is 0 Å². The second kappa shape index (κ2) is 6.16. The fraction of sp³-hybridized carbons (Fsp3) is 0.538. The lowest BCUT2D eigenvalue weighted by Gasteiger charge is -2.23. The Morgan fingerprint density at radius 2 is 2.05 bits per heavy atom. The molecule has 0 aliphatic carbocycles. The summed E-state index contributed by atoms with van der Waals surface area (Å²) in [5.41, 5.74) is 5.45. The molecule has 0 fully saturated rings. The average molecular weight is 283 g/mol. The number of carbonyl (C=O) groups is 2. The summed E-state index contributed by atoms with van der Waals surface area (Å²) in [6, 6.07) is 1.45. The van der Waals surface area contributed by atoms with Crippen LogP contribution in [0.25, 0.3) is 0 Å². The monoisotopic (exact) mass is 283 g/mol. The molecule has 1 heterocycles. The van der Waals surface area contributed by atoms with Gasteiger partial charge in [0.05, 0.1) is 11.6 Å². The van der Waals surface area contributed by atoms with Crippen LogP contribution in [0, 0.1) is 0 Å². The Morgan fingerprint density at radius 3 is 2.53 bits per heavy atom. The molecule has 0 aromatic carbocycles. The maximum atomic E-state index is 11.8. The highest BCUT2D eigenvalue weighted by Crippen LogP contribution is 2.14. The third kappa shape index (κ3) is 5.40. The van der Waals surface area contributed by atoms with E-state index in [1.54, 1.807) is 11.4 Å². The summed E-state index contributed by atoms with van der Waals surface area (Å²) in [5.74, 6) is -0.472. The van der Waals surface area contributed by atoms with E-state index < -0.39 is 5.91 Å². The van der Waals surface area contributed by atoms with E-state index in [1.807, 2.05) is 27.7 Å². The summed E-state index contributed by atoms with van der Waals surface area (Å²) in [6.07, 6.45) is 0. The summed E-state index contributed by atoms with van der Waals surface area (Å²) in [6.45, 7) is 8.17. The van der Waals surface area contributed by atoms with Gasteiger partial charge in [-0.1, -0.05) is 0 Å². The van der Waals surface area contributed by atoms with Gasteiger partial charge in [0.25, 0.3) is 0 Å². The minimum absolute atomic E-state index is 0.0424. The Balaban J connectivity index is 2.47. The molecule has 0 saturated carbocycles. The SMILES string of the molecule is CC(NCc1cc(C(N)=O)cs1)C(=O)NC(C)(C)C. The zero-order valence-corrected chi connectivity index (χ0v) is 12.6. The van der Waals surface area contributed by atoms with Gasteiger partial charge >= 0.3 is 0 Å². The van der Waals surface area contributed by atoms with E-state index in [2.05, 4.69) is 10.6 Å². The number of primary amides is 1. The largest absolute Gasteiger partial charge is 0.366 e. The summed E-state index contributed by atoms with van der Waals surface area (Å²) in [5, 5.41) is 7.75. The van der Waals surface area contributed by atoms with Crippen LogP contribution < -0.4 is 16.4 Å². The molecule has 0 radical (unpaired) electrons. The molecule has 1 aromatic rings. The fourth-order valence-electron chi connectivity index (χ4n) is 1.43. The lowest BCUT2D eigenvalue weighted by atomic mass is 10.1. The van der Waals surface area contributed by atoms with Crippen LogP contribution in [0.15, 0.2) is 11.4 Å². The number of nitrogens with one attached hydrogen (secondary N) is 2. The minimum Gasteiger partial charge on any atom is -0.366 e. The molecule has 1 atom stereocenters. The highest BCUT2D eigenvalue weighted by Gasteiger charge is 2.18. The third-order valence-electron chi connectivity index (χ3n) is 2.41. The van der Waals surface area contributed by atoms with Crippen LogP contribution in [0.2, 0.25) is 0 Å². The van der Waals surface area contributed by atoms with Crippen molar-refractivity contribution in [2.45, 2.75) is 45.8 Å². The fourth-order valence-corrected chi connectivity index (χ4v) is 2.25. The molecular formula is C13H21N3O2S. The Morgan fingerprint density at radius 1 is 1.42 bits per heavy atom. The number of hydrogen-bond donors (Lipinski definition) is 3. The van der Waals surface area contributed by atoms with E-state index in [1.165, 1.54) is 11.3 Å². The average Bonchev–Trinajstić information content (AvgIpc) is 2.72. The molecule has 1 aromatic heterocycles. The number of hydrogen-bond acceptors (Lipinski definition) is 4. The summed E-state index contributed by atoms with van der Waals surface area (Å²) in [7, 11) is 0. The molecule has 6 heteroatoms. The lowest BCUT2D eigenvalue weighted by molar-refractivity contribution is -0.124. The van der Waals surface area contributed by atoms with E-state index in [0.717, 1.165) is 4.88 Å². The van der Waals surface area contributed by atoms with Crippen molar-refractivity contribution in [1.82, 2.24) is 10.6 Å². The topological polar surface area (TPSA) is 84.2 Å². The van der Waals surface area contributed by atoms with Gasteiger partial charge in [0.1, 0.15) is 0 Å². The molecular weight excluding hydrogens is 262 g/mol. The molecule has 0 saturated heterocycles. The highest BCUT2D eigenvalue weighted by molar-refractivity contribution is 7.10. The molecule has 4 N–H and O–H groups in total. The molecule has 0 aliphatic heterocycles. The quantitative estimate of drug-likeness (QED) is 0.760. The molecule has 0 bridgehead atoms. The van der Waals surface area contributed by atoms with Crippen molar-refractivity contribution in [3.05, 3.63) is 21.9 Å². The van der Waals surface area contributed by atoms with Crippen LogP contribution in [0.5, 0.6) is 0 Å². The van der Waals surface area contributed by atoms with Crippen LogP contribution >= 0.6 is 11.3 Å². The van der Waals surface area contributed by atoms with E-state index in [9.17, 15) is 9.59 Å². The second-order valence-electron chi connectivity index (χ2n) is 5.51. The van der Waals surface area contributed by atoms with Gasteiger partial charge in [0.2, 0.25) is 11.8 Å². The third-order valence-corrected chi connectivity index (χ3v) is 3.35. The maximum Gasteiger partial charge on any atom is 0.249 e. The van der Waals surface area contributed by atoms with Crippen molar-refractivity contribution in [2.24, 2.45) is 5.73 Å². The van der Waals surface area contributed by atoms with Gasteiger partial charge in [-0.15, -0.1) is 11.3 Å². The molecule has 1 rings (SSSR count).